The average Bonchev–Trinajstić information content (AvgIpc) is 2.42. The number of carbonyl (C=O) groups excluding carboxylic acids is 1. The molecule has 5 heteroatoms. The molecule has 0 saturated heterocycles. The summed E-state index contributed by atoms with van der Waals surface area (Å²) in [5, 5.41) is 6.44. The molecule has 0 aromatic heterocycles. The number of carbonyl (C=O) groups is 1. The van der Waals surface area contributed by atoms with Crippen molar-refractivity contribution >= 4 is 6.09 Å². The quantitative estimate of drug-likeness (QED) is 0.533. The van der Waals surface area contributed by atoms with Gasteiger partial charge in [-0.3, -0.25) is 0 Å². The van der Waals surface area contributed by atoms with Gasteiger partial charge in [0.25, 0.3) is 0 Å². The Hall–Kier alpha value is -0.810. The Kier molecular flexibility index (Phi) is 12.1. The van der Waals surface area contributed by atoms with Crippen LogP contribution in [0, 0.1) is 0 Å². The summed E-state index contributed by atoms with van der Waals surface area (Å²) in [4.78, 5) is 11.6. The summed E-state index contributed by atoms with van der Waals surface area (Å²) in [6, 6.07) is 0.831. The molecule has 0 aliphatic heterocycles. The molecule has 1 amide bonds. The standard InChI is InChI=1S/C18H38N2O3/c1-7-8-9-11-15(2)20-16(14-22-6)12-10-13-19-17(21)23-18(3,4)5/h15-16,20H,7-14H2,1-6H3,(H,19,21). The van der Waals surface area contributed by atoms with E-state index in [1.807, 2.05) is 20.8 Å². The molecule has 0 aliphatic rings. The van der Waals surface area contributed by atoms with Gasteiger partial charge in [0.1, 0.15) is 5.60 Å². The van der Waals surface area contributed by atoms with Crippen LogP contribution >= 0.6 is 0 Å². The van der Waals surface area contributed by atoms with Gasteiger partial charge in [0, 0.05) is 25.7 Å². The number of hydrogen-bond donors (Lipinski definition) is 2. The van der Waals surface area contributed by atoms with E-state index in [1.165, 1.54) is 25.7 Å². The van der Waals surface area contributed by atoms with Gasteiger partial charge in [-0.15, -0.1) is 0 Å². The third-order valence-electron chi connectivity index (χ3n) is 3.53. The van der Waals surface area contributed by atoms with Crippen LogP contribution in [-0.2, 0) is 9.47 Å². The lowest BCUT2D eigenvalue weighted by atomic mass is 10.1. The number of rotatable bonds is 12. The Morgan fingerprint density at radius 2 is 1.83 bits per heavy atom. The lowest BCUT2D eigenvalue weighted by Crippen LogP contribution is -2.40. The minimum Gasteiger partial charge on any atom is -0.444 e. The molecule has 0 aromatic rings. The van der Waals surface area contributed by atoms with E-state index in [0.29, 0.717) is 25.2 Å². The predicted molar refractivity (Wildman–Crippen MR) is 95.9 cm³/mol. The second kappa shape index (κ2) is 12.6. The van der Waals surface area contributed by atoms with Gasteiger partial charge < -0.3 is 20.1 Å². The molecule has 0 saturated carbocycles. The van der Waals surface area contributed by atoms with Gasteiger partial charge >= 0.3 is 6.09 Å². The highest BCUT2D eigenvalue weighted by Gasteiger charge is 2.16. The molecule has 138 valence electrons. The van der Waals surface area contributed by atoms with Gasteiger partial charge in [-0.05, 0) is 47.0 Å². The van der Waals surface area contributed by atoms with E-state index < -0.39 is 5.60 Å². The molecular formula is C18H38N2O3. The molecule has 0 fully saturated rings. The molecule has 23 heavy (non-hydrogen) atoms. The minimum absolute atomic E-state index is 0.331. The smallest absolute Gasteiger partial charge is 0.407 e. The maximum absolute atomic E-state index is 11.6. The van der Waals surface area contributed by atoms with Gasteiger partial charge in [0.2, 0.25) is 0 Å². The first kappa shape index (κ1) is 22.2. The highest BCUT2D eigenvalue weighted by molar-refractivity contribution is 5.67. The Balaban J connectivity index is 3.93. The Labute approximate surface area is 142 Å². The van der Waals surface area contributed by atoms with Crippen molar-refractivity contribution in [3.8, 4) is 0 Å². The van der Waals surface area contributed by atoms with E-state index in [0.717, 1.165) is 12.8 Å². The molecule has 0 rings (SSSR count). The fraction of sp³-hybridized carbons (Fsp3) is 0.944. The fourth-order valence-corrected chi connectivity index (χ4v) is 2.46. The monoisotopic (exact) mass is 330 g/mol. The lowest BCUT2D eigenvalue weighted by molar-refractivity contribution is 0.0526. The van der Waals surface area contributed by atoms with Crippen LogP contribution in [0.3, 0.4) is 0 Å². The van der Waals surface area contributed by atoms with Crippen molar-refractivity contribution < 1.29 is 14.3 Å². The van der Waals surface area contributed by atoms with Gasteiger partial charge in [-0.2, -0.15) is 0 Å². The summed E-state index contributed by atoms with van der Waals surface area (Å²) in [5.74, 6) is 0. The van der Waals surface area contributed by atoms with Crippen LogP contribution in [0.25, 0.3) is 0 Å². The molecule has 0 heterocycles. The van der Waals surface area contributed by atoms with Crippen molar-refractivity contribution in [2.24, 2.45) is 0 Å². The molecule has 0 aliphatic carbocycles. The van der Waals surface area contributed by atoms with Crippen molar-refractivity contribution in [3.05, 3.63) is 0 Å². The first-order valence-electron chi connectivity index (χ1n) is 9.00. The van der Waals surface area contributed by atoms with Crippen molar-refractivity contribution in [3.63, 3.8) is 0 Å². The average molecular weight is 331 g/mol. The zero-order valence-electron chi connectivity index (χ0n) is 16.0. The van der Waals surface area contributed by atoms with E-state index in [9.17, 15) is 4.79 Å². The third-order valence-corrected chi connectivity index (χ3v) is 3.53. The van der Waals surface area contributed by atoms with Gasteiger partial charge in [0.15, 0.2) is 0 Å². The van der Waals surface area contributed by atoms with Crippen molar-refractivity contribution in [2.75, 3.05) is 20.3 Å². The van der Waals surface area contributed by atoms with Crippen LogP contribution in [0.4, 0.5) is 4.79 Å². The maximum atomic E-state index is 11.6. The predicted octanol–water partition coefficient (Wildman–Crippen LogP) is 3.86. The first-order valence-corrected chi connectivity index (χ1v) is 9.00. The number of hydrogen-bond acceptors (Lipinski definition) is 4. The van der Waals surface area contributed by atoms with Crippen LogP contribution in [0.1, 0.15) is 73.1 Å². The molecule has 2 atom stereocenters. The number of methoxy groups -OCH3 is 1. The number of nitrogens with one attached hydrogen (secondary N) is 2. The van der Waals surface area contributed by atoms with Crippen LogP contribution in [0.5, 0.6) is 0 Å². The minimum atomic E-state index is -0.446. The van der Waals surface area contributed by atoms with Crippen LogP contribution < -0.4 is 10.6 Å². The zero-order valence-corrected chi connectivity index (χ0v) is 16.0. The van der Waals surface area contributed by atoms with Crippen LogP contribution in [0.2, 0.25) is 0 Å². The summed E-state index contributed by atoms with van der Waals surface area (Å²) < 4.78 is 10.5. The molecule has 2 N–H and O–H groups in total. The molecular weight excluding hydrogens is 292 g/mol. The number of unbranched alkanes of at least 4 members (excludes halogenated alkanes) is 2. The Bertz CT molecular complexity index is 303. The van der Waals surface area contributed by atoms with Crippen LogP contribution in [0.15, 0.2) is 0 Å². The lowest BCUT2D eigenvalue weighted by Gasteiger charge is -2.23. The number of alkyl carbamates (subject to hydrolysis) is 1. The maximum Gasteiger partial charge on any atom is 0.407 e. The topological polar surface area (TPSA) is 59.6 Å². The second-order valence-electron chi connectivity index (χ2n) is 7.29. The van der Waals surface area contributed by atoms with Crippen molar-refractivity contribution in [2.45, 2.75) is 90.8 Å². The van der Waals surface area contributed by atoms with Crippen molar-refractivity contribution in [1.82, 2.24) is 10.6 Å². The summed E-state index contributed by atoms with van der Waals surface area (Å²) in [5.41, 5.74) is -0.446. The summed E-state index contributed by atoms with van der Waals surface area (Å²) in [7, 11) is 1.73. The van der Waals surface area contributed by atoms with E-state index in [-0.39, 0.29) is 6.09 Å². The Morgan fingerprint density at radius 3 is 2.39 bits per heavy atom. The highest BCUT2D eigenvalue weighted by Crippen LogP contribution is 2.08. The largest absolute Gasteiger partial charge is 0.444 e. The van der Waals surface area contributed by atoms with Crippen LogP contribution in [-0.4, -0.2) is 44.0 Å². The molecule has 0 radical (unpaired) electrons. The number of ether oxygens (including phenoxy) is 2. The van der Waals surface area contributed by atoms with E-state index >= 15 is 0 Å². The Morgan fingerprint density at radius 1 is 1.13 bits per heavy atom. The molecule has 0 spiro atoms. The van der Waals surface area contributed by atoms with E-state index in [1.54, 1.807) is 7.11 Å². The normalized spacial score (nSPS) is 14.3. The highest BCUT2D eigenvalue weighted by atomic mass is 16.6. The van der Waals surface area contributed by atoms with Crippen molar-refractivity contribution in [1.29, 1.82) is 0 Å². The molecule has 5 nitrogen and oxygen atoms in total. The second-order valence-corrected chi connectivity index (χ2v) is 7.29. The van der Waals surface area contributed by atoms with Gasteiger partial charge in [-0.1, -0.05) is 26.2 Å². The van der Waals surface area contributed by atoms with Gasteiger partial charge in [-0.25, -0.2) is 4.79 Å². The third kappa shape index (κ3) is 14.5. The fourth-order valence-electron chi connectivity index (χ4n) is 2.46. The molecule has 0 bridgehead atoms. The van der Waals surface area contributed by atoms with Gasteiger partial charge in [0.05, 0.1) is 6.61 Å². The number of amides is 1. The summed E-state index contributed by atoms with van der Waals surface area (Å²) in [6.07, 6.45) is 6.55. The van der Waals surface area contributed by atoms with E-state index in [2.05, 4.69) is 24.5 Å². The summed E-state index contributed by atoms with van der Waals surface area (Å²) >= 11 is 0. The zero-order chi connectivity index (χ0) is 17.7. The van der Waals surface area contributed by atoms with E-state index in [4.69, 9.17) is 9.47 Å². The summed E-state index contributed by atoms with van der Waals surface area (Å²) in [6.45, 7) is 11.4. The SMILES string of the molecule is CCCCCC(C)NC(CCCNC(=O)OC(C)(C)C)COC. The molecule has 0 aromatic carbocycles. The first-order chi connectivity index (χ1) is 10.8. The molecule has 2 unspecified atom stereocenters.